The Morgan fingerprint density at radius 3 is 2.62 bits per heavy atom. The molecule has 7 heteroatoms. The highest BCUT2D eigenvalue weighted by Gasteiger charge is 2.15. The molecule has 0 aliphatic rings. The summed E-state index contributed by atoms with van der Waals surface area (Å²) in [5, 5.41) is 9.66. The second-order valence-corrected chi connectivity index (χ2v) is 5.94. The Bertz CT molecular complexity index is 912. The first kappa shape index (κ1) is 17.5. The van der Waals surface area contributed by atoms with E-state index in [9.17, 15) is 9.59 Å². The highest BCUT2D eigenvalue weighted by molar-refractivity contribution is 5.95. The lowest BCUT2D eigenvalue weighted by molar-refractivity contribution is -0.115. The van der Waals surface area contributed by atoms with Crippen LogP contribution in [0.25, 0.3) is 0 Å². The summed E-state index contributed by atoms with van der Waals surface area (Å²) in [6.45, 7) is 2.12. The molecule has 0 saturated heterocycles. The Morgan fingerprint density at radius 1 is 1.15 bits per heavy atom. The molecular weight excluding hydrogens is 332 g/mol. The number of nitrogens with zero attached hydrogens (tertiary/aromatic N) is 2. The van der Waals surface area contributed by atoms with E-state index in [4.69, 9.17) is 4.42 Å². The highest BCUT2D eigenvalue weighted by Crippen LogP contribution is 2.11. The van der Waals surface area contributed by atoms with Crippen molar-refractivity contribution < 1.29 is 14.0 Å². The maximum absolute atomic E-state index is 12.2. The normalized spacial score (nSPS) is 10.5. The van der Waals surface area contributed by atoms with Crippen LogP contribution in [-0.2, 0) is 24.8 Å². The van der Waals surface area contributed by atoms with Crippen molar-refractivity contribution in [2.45, 2.75) is 19.9 Å². The van der Waals surface area contributed by atoms with E-state index >= 15 is 0 Å². The summed E-state index contributed by atoms with van der Waals surface area (Å²) in [5.41, 5.74) is 1.14. The van der Waals surface area contributed by atoms with Crippen molar-refractivity contribution in [3.63, 3.8) is 0 Å². The third kappa shape index (κ3) is 4.38. The number of rotatable bonds is 6. The molecule has 3 aromatic rings. The number of amides is 2. The molecule has 2 heterocycles. The fraction of sp³-hybridized carbons (Fsp3) is 0.211. The average molecular weight is 352 g/mol. The van der Waals surface area contributed by atoms with E-state index in [2.05, 4.69) is 15.7 Å². The van der Waals surface area contributed by atoms with E-state index in [1.54, 1.807) is 13.1 Å². The maximum Gasteiger partial charge on any atom is 0.272 e. The second-order valence-electron chi connectivity index (χ2n) is 5.94. The molecule has 0 spiro atoms. The smallest absolute Gasteiger partial charge is 0.272 e. The maximum atomic E-state index is 12.2. The molecule has 26 heavy (non-hydrogen) atoms. The molecule has 1 aromatic carbocycles. The van der Waals surface area contributed by atoms with E-state index in [1.807, 2.05) is 49.4 Å². The minimum atomic E-state index is -0.335. The topological polar surface area (TPSA) is 89.2 Å². The SMILES string of the molecule is Cc1ccc(CNC(=O)c2cc(NC(=O)Cc3ccccc3)n(C)n2)o1. The van der Waals surface area contributed by atoms with E-state index in [0.29, 0.717) is 11.6 Å². The number of carbonyl (C=O) groups is 2. The Morgan fingerprint density at radius 2 is 1.92 bits per heavy atom. The molecule has 0 unspecified atom stereocenters. The minimum Gasteiger partial charge on any atom is -0.465 e. The molecule has 134 valence electrons. The fourth-order valence-electron chi connectivity index (χ4n) is 2.50. The number of aryl methyl sites for hydroxylation is 2. The molecule has 0 atom stereocenters. The Kier molecular flexibility index (Phi) is 5.17. The van der Waals surface area contributed by atoms with E-state index in [-0.39, 0.29) is 30.5 Å². The summed E-state index contributed by atoms with van der Waals surface area (Å²) in [6, 6.07) is 14.6. The van der Waals surface area contributed by atoms with Gasteiger partial charge in [0.25, 0.3) is 5.91 Å². The number of furan rings is 1. The summed E-state index contributed by atoms with van der Waals surface area (Å²) < 4.78 is 6.88. The van der Waals surface area contributed by atoms with Gasteiger partial charge in [-0.05, 0) is 24.6 Å². The summed E-state index contributed by atoms with van der Waals surface area (Å²) in [7, 11) is 1.67. The van der Waals surface area contributed by atoms with Crippen LogP contribution in [0.4, 0.5) is 5.82 Å². The van der Waals surface area contributed by atoms with E-state index in [0.717, 1.165) is 11.3 Å². The van der Waals surface area contributed by atoms with Crippen molar-refractivity contribution >= 4 is 17.6 Å². The summed E-state index contributed by atoms with van der Waals surface area (Å²) in [5.74, 6) is 1.42. The molecule has 0 fully saturated rings. The van der Waals surface area contributed by atoms with Crippen LogP contribution in [0.1, 0.15) is 27.6 Å². The predicted molar refractivity (Wildman–Crippen MR) is 96.6 cm³/mol. The van der Waals surface area contributed by atoms with Gasteiger partial charge < -0.3 is 15.1 Å². The van der Waals surface area contributed by atoms with Gasteiger partial charge in [-0.15, -0.1) is 0 Å². The Labute approximate surface area is 151 Å². The van der Waals surface area contributed by atoms with Gasteiger partial charge in [0.2, 0.25) is 5.91 Å². The van der Waals surface area contributed by atoms with Crippen LogP contribution in [0, 0.1) is 6.92 Å². The van der Waals surface area contributed by atoms with Crippen molar-refractivity contribution in [3.8, 4) is 0 Å². The third-order valence-corrected chi connectivity index (χ3v) is 3.81. The van der Waals surface area contributed by atoms with Gasteiger partial charge in [0.05, 0.1) is 13.0 Å². The van der Waals surface area contributed by atoms with Crippen molar-refractivity contribution in [1.82, 2.24) is 15.1 Å². The van der Waals surface area contributed by atoms with Crippen molar-refractivity contribution in [2.24, 2.45) is 7.05 Å². The zero-order valence-electron chi connectivity index (χ0n) is 14.7. The summed E-state index contributed by atoms with van der Waals surface area (Å²) in [6.07, 6.45) is 0.255. The number of anilines is 1. The molecular formula is C19H20N4O3. The number of hydrogen-bond acceptors (Lipinski definition) is 4. The van der Waals surface area contributed by atoms with Crippen LogP contribution in [0.3, 0.4) is 0 Å². The molecule has 7 nitrogen and oxygen atoms in total. The number of aromatic nitrogens is 2. The number of nitrogens with one attached hydrogen (secondary N) is 2. The summed E-state index contributed by atoms with van der Waals surface area (Å²) >= 11 is 0. The van der Waals surface area contributed by atoms with Gasteiger partial charge >= 0.3 is 0 Å². The first-order chi connectivity index (χ1) is 12.5. The zero-order valence-corrected chi connectivity index (χ0v) is 14.7. The Hall–Kier alpha value is -3.35. The van der Waals surface area contributed by atoms with Gasteiger partial charge in [-0.25, -0.2) is 0 Å². The van der Waals surface area contributed by atoms with Crippen molar-refractivity contribution in [1.29, 1.82) is 0 Å². The van der Waals surface area contributed by atoms with Gasteiger partial charge in [-0.2, -0.15) is 5.10 Å². The quantitative estimate of drug-likeness (QED) is 0.713. The lowest BCUT2D eigenvalue weighted by atomic mass is 10.1. The second kappa shape index (κ2) is 7.69. The van der Waals surface area contributed by atoms with Crippen LogP contribution in [-0.4, -0.2) is 21.6 Å². The van der Waals surface area contributed by atoms with Crippen LogP contribution >= 0.6 is 0 Å². The van der Waals surface area contributed by atoms with E-state index < -0.39 is 0 Å². The molecule has 2 aromatic heterocycles. The van der Waals surface area contributed by atoms with Gasteiger partial charge in [0.1, 0.15) is 17.3 Å². The Balaban J connectivity index is 1.59. The van der Waals surface area contributed by atoms with Gasteiger partial charge in [0.15, 0.2) is 5.69 Å². The predicted octanol–water partition coefficient (Wildman–Crippen LogP) is 2.43. The molecule has 2 N–H and O–H groups in total. The molecule has 0 aliphatic heterocycles. The number of benzene rings is 1. The van der Waals surface area contributed by atoms with E-state index in [1.165, 1.54) is 4.68 Å². The molecule has 0 radical (unpaired) electrons. The number of carbonyl (C=O) groups excluding carboxylic acids is 2. The third-order valence-electron chi connectivity index (χ3n) is 3.81. The minimum absolute atomic E-state index is 0.169. The van der Waals surface area contributed by atoms with Crippen molar-refractivity contribution in [3.05, 3.63) is 71.3 Å². The van der Waals surface area contributed by atoms with Crippen LogP contribution < -0.4 is 10.6 Å². The largest absolute Gasteiger partial charge is 0.465 e. The lowest BCUT2D eigenvalue weighted by Gasteiger charge is -2.04. The monoisotopic (exact) mass is 352 g/mol. The molecule has 3 rings (SSSR count). The highest BCUT2D eigenvalue weighted by atomic mass is 16.3. The molecule has 0 aliphatic carbocycles. The first-order valence-corrected chi connectivity index (χ1v) is 8.22. The van der Waals surface area contributed by atoms with Crippen LogP contribution in [0.5, 0.6) is 0 Å². The zero-order chi connectivity index (χ0) is 18.5. The number of hydrogen-bond donors (Lipinski definition) is 2. The van der Waals surface area contributed by atoms with Gasteiger partial charge in [-0.3, -0.25) is 14.3 Å². The summed E-state index contributed by atoms with van der Waals surface area (Å²) in [4.78, 5) is 24.4. The molecule has 0 bridgehead atoms. The first-order valence-electron chi connectivity index (χ1n) is 8.22. The lowest BCUT2D eigenvalue weighted by Crippen LogP contribution is -2.23. The molecule has 2 amide bonds. The fourth-order valence-corrected chi connectivity index (χ4v) is 2.50. The molecule has 0 saturated carbocycles. The van der Waals surface area contributed by atoms with Crippen molar-refractivity contribution in [2.75, 3.05) is 5.32 Å². The van der Waals surface area contributed by atoms with Gasteiger partial charge in [0, 0.05) is 13.1 Å². The van der Waals surface area contributed by atoms with Crippen LogP contribution in [0.2, 0.25) is 0 Å². The standard InChI is InChI=1S/C19H20N4O3/c1-13-8-9-15(26-13)12-20-19(25)16-11-17(23(2)22-16)21-18(24)10-14-6-4-3-5-7-14/h3-9,11H,10,12H2,1-2H3,(H,20,25)(H,21,24). The average Bonchev–Trinajstić information content (AvgIpc) is 3.19. The van der Waals surface area contributed by atoms with Gasteiger partial charge in [-0.1, -0.05) is 30.3 Å². The van der Waals surface area contributed by atoms with Crippen LogP contribution in [0.15, 0.2) is 52.9 Å².